The topological polar surface area (TPSA) is 35.6 Å². The van der Waals surface area contributed by atoms with Crippen LogP contribution in [0.4, 0.5) is 0 Å². The van der Waals surface area contributed by atoms with Crippen LogP contribution in [0.3, 0.4) is 0 Å². The molecule has 0 saturated heterocycles. The standard InChI is InChI=1S/2C5H8N2/c2*1-5-6-3-4-7(5)2/h2*3-4H,1-2H3. The second-order valence-corrected chi connectivity index (χ2v) is 3.17. The van der Waals surface area contributed by atoms with Crippen LogP contribution < -0.4 is 0 Å². The third-order valence-corrected chi connectivity index (χ3v) is 2.12. The summed E-state index contributed by atoms with van der Waals surface area (Å²) in [5, 5.41) is 0. The Morgan fingerprint density at radius 1 is 0.857 bits per heavy atom. The van der Waals surface area contributed by atoms with Gasteiger partial charge in [-0.25, -0.2) is 9.97 Å². The van der Waals surface area contributed by atoms with Gasteiger partial charge in [-0.05, 0) is 13.8 Å². The zero-order chi connectivity index (χ0) is 10.6. The summed E-state index contributed by atoms with van der Waals surface area (Å²) in [5.74, 6) is 2.11. The summed E-state index contributed by atoms with van der Waals surface area (Å²) in [6.07, 6.45) is 7.43. The van der Waals surface area contributed by atoms with E-state index in [0.717, 1.165) is 11.6 Å². The molecule has 0 aliphatic carbocycles. The number of nitrogens with zero attached hydrogens (tertiary/aromatic N) is 4. The minimum Gasteiger partial charge on any atom is -0.338 e. The van der Waals surface area contributed by atoms with E-state index in [2.05, 4.69) is 9.97 Å². The number of rotatable bonds is 0. The van der Waals surface area contributed by atoms with Crippen molar-refractivity contribution >= 4 is 0 Å². The van der Waals surface area contributed by atoms with Crippen LogP contribution in [0.5, 0.6) is 0 Å². The molecule has 0 bridgehead atoms. The van der Waals surface area contributed by atoms with Gasteiger partial charge in [0.25, 0.3) is 0 Å². The van der Waals surface area contributed by atoms with Crippen molar-refractivity contribution in [1.29, 1.82) is 0 Å². The smallest absolute Gasteiger partial charge is 0.105 e. The summed E-state index contributed by atoms with van der Waals surface area (Å²) in [5.41, 5.74) is 0. The molecule has 0 radical (unpaired) electrons. The SMILES string of the molecule is Cc1nccn1C.Cc1nccn1C. The Balaban J connectivity index is 0.000000140. The molecular formula is C10H16N4. The molecule has 2 aromatic heterocycles. The van der Waals surface area contributed by atoms with E-state index in [9.17, 15) is 0 Å². The van der Waals surface area contributed by atoms with Gasteiger partial charge in [-0.1, -0.05) is 0 Å². The Bertz CT molecular complexity index is 315. The molecule has 0 aromatic carbocycles. The molecule has 0 aliphatic rings. The molecule has 4 nitrogen and oxygen atoms in total. The van der Waals surface area contributed by atoms with Crippen LogP contribution in [0.2, 0.25) is 0 Å². The van der Waals surface area contributed by atoms with Gasteiger partial charge in [-0.15, -0.1) is 0 Å². The fourth-order valence-corrected chi connectivity index (χ4v) is 0.880. The quantitative estimate of drug-likeness (QED) is 0.633. The van der Waals surface area contributed by atoms with Crippen LogP contribution in [-0.4, -0.2) is 19.1 Å². The van der Waals surface area contributed by atoms with Gasteiger partial charge in [-0.3, -0.25) is 0 Å². The van der Waals surface area contributed by atoms with Gasteiger partial charge in [0.15, 0.2) is 0 Å². The highest BCUT2D eigenvalue weighted by Gasteiger charge is 1.84. The fourth-order valence-electron chi connectivity index (χ4n) is 0.880. The van der Waals surface area contributed by atoms with Crippen LogP contribution in [0.1, 0.15) is 11.6 Å². The largest absolute Gasteiger partial charge is 0.338 e. The monoisotopic (exact) mass is 192 g/mol. The van der Waals surface area contributed by atoms with Gasteiger partial charge >= 0.3 is 0 Å². The maximum atomic E-state index is 3.98. The lowest BCUT2D eigenvalue weighted by Crippen LogP contribution is -1.86. The summed E-state index contributed by atoms with van der Waals surface area (Å²) in [7, 11) is 3.95. The average molecular weight is 192 g/mol. The van der Waals surface area contributed by atoms with Gasteiger partial charge in [-0.2, -0.15) is 0 Å². The maximum Gasteiger partial charge on any atom is 0.105 e. The van der Waals surface area contributed by atoms with Crippen molar-refractivity contribution in [3.05, 3.63) is 36.4 Å². The highest BCUT2D eigenvalue weighted by molar-refractivity contribution is 4.86. The van der Waals surface area contributed by atoms with Crippen molar-refractivity contribution in [1.82, 2.24) is 19.1 Å². The normalized spacial score (nSPS) is 9.43. The van der Waals surface area contributed by atoms with Crippen molar-refractivity contribution in [3.63, 3.8) is 0 Å². The Hall–Kier alpha value is -1.58. The first-order valence-electron chi connectivity index (χ1n) is 4.49. The molecule has 2 aromatic rings. The lowest BCUT2D eigenvalue weighted by molar-refractivity contribution is 0.858. The fraction of sp³-hybridized carbons (Fsp3) is 0.400. The van der Waals surface area contributed by atoms with Crippen molar-refractivity contribution in [3.8, 4) is 0 Å². The Kier molecular flexibility index (Phi) is 3.45. The molecule has 0 atom stereocenters. The number of aryl methyl sites for hydroxylation is 4. The molecular weight excluding hydrogens is 176 g/mol. The molecule has 0 amide bonds. The molecule has 0 spiro atoms. The number of imidazole rings is 2. The van der Waals surface area contributed by atoms with Crippen LogP contribution in [-0.2, 0) is 14.1 Å². The molecule has 0 fully saturated rings. The molecule has 14 heavy (non-hydrogen) atoms. The lowest BCUT2D eigenvalue weighted by atomic mass is 10.7. The third kappa shape index (κ3) is 2.73. The van der Waals surface area contributed by atoms with Crippen molar-refractivity contribution in [2.24, 2.45) is 14.1 Å². The second-order valence-electron chi connectivity index (χ2n) is 3.17. The highest BCUT2D eigenvalue weighted by Crippen LogP contribution is 1.87. The van der Waals surface area contributed by atoms with Crippen molar-refractivity contribution in [2.45, 2.75) is 13.8 Å². The van der Waals surface area contributed by atoms with E-state index in [1.165, 1.54) is 0 Å². The van der Waals surface area contributed by atoms with Gasteiger partial charge in [0, 0.05) is 38.9 Å². The predicted octanol–water partition coefficient (Wildman–Crippen LogP) is 1.46. The summed E-state index contributed by atoms with van der Waals surface area (Å²) in [4.78, 5) is 7.96. The van der Waals surface area contributed by atoms with E-state index in [-0.39, 0.29) is 0 Å². The molecule has 2 heterocycles. The summed E-state index contributed by atoms with van der Waals surface area (Å²) in [6, 6.07) is 0. The minimum absolute atomic E-state index is 1.06. The van der Waals surface area contributed by atoms with E-state index in [1.54, 1.807) is 12.4 Å². The number of aromatic nitrogens is 4. The Morgan fingerprint density at radius 2 is 1.21 bits per heavy atom. The molecule has 0 N–H and O–H groups in total. The van der Waals surface area contributed by atoms with Crippen LogP contribution in [0.15, 0.2) is 24.8 Å². The zero-order valence-electron chi connectivity index (χ0n) is 9.10. The van der Waals surface area contributed by atoms with Crippen LogP contribution in [0, 0.1) is 13.8 Å². The summed E-state index contributed by atoms with van der Waals surface area (Å²) < 4.78 is 3.94. The Morgan fingerprint density at radius 3 is 1.29 bits per heavy atom. The average Bonchev–Trinajstić information content (AvgIpc) is 2.67. The van der Waals surface area contributed by atoms with Gasteiger partial charge in [0.05, 0.1) is 0 Å². The van der Waals surface area contributed by atoms with Crippen LogP contribution >= 0.6 is 0 Å². The first kappa shape index (κ1) is 10.5. The van der Waals surface area contributed by atoms with Crippen LogP contribution in [0.25, 0.3) is 0 Å². The number of hydrogen-bond acceptors (Lipinski definition) is 2. The molecule has 0 unspecified atom stereocenters. The van der Waals surface area contributed by atoms with Crippen molar-refractivity contribution in [2.75, 3.05) is 0 Å². The van der Waals surface area contributed by atoms with E-state index >= 15 is 0 Å². The lowest BCUT2D eigenvalue weighted by Gasteiger charge is -1.87. The third-order valence-electron chi connectivity index (χ3n) is 2.12. The van der Waals surface area contributed by atoms with Gasteiger partial charge < -0.3 is 9.13 Å². The minimum atomic E-state index is 1.06. The van der Waals surface area contributed by atoms with E-state index < -0.39 is 0 Å². The maximum absolute atomic E-state index is 3.98. The molecule has 2 rings (SSSR count). The first-order chi connectivity index (χ1) is 6.61. The predicted molar refractivity (Wildman–Crippen MR) is 55.9 cm³/mol. The van der Waals surface area contributed by atoms with Gasteiger partial charge in [0.1, 0.15) is 11.6 Å². The first-order valence-corrected chi connectivity index (χ1v) is 4.49. The van der Waals surface area contributed by atoms with E-state index in [0.29, 0.717) is 0 Å². The highest BCUT2D eigenvalue weighted by atomic mass is 15.0. The zero-order valence-corrected chi connectivity index (χ0v) is 9.10. The van der Waals surface area contributed by atoms with Crippen molar-refractivity contribution < 1.29 is 0 Å². The number of hydrogen-bond donors (Lipinski definition) is 0. The molecule has 76 valence electrons. The van der Waals surface area contributed by atoms with E-state index in [1.807, 2.05) is 49.5 Å². The molecule has 0 aliphatic heterocycles. The van der Waals surface area contributed by atoms with Gasteiger partial charge in [0.2, 0.25) is 0 Å². The second kappa shape index (κ2) is 4.60. The molecule has 4 heteroatoms. The van der Waals surface area contributed by atoms with E-state index in [4.69, 9.17) is 0 Å². The Labute approximate surface area is 84.2 Å². The molecule has 0 saturated carbocycles. The summed E-state index contributed by atoms with van der Waals surface area (Å²) >= 11 is 0. The summed E-state index contributed by atoms with van der Waals surface area (Å²) in [6.45, 7) is 3.94.